The maximum Gasteiger partial charge on any atom is 0.0638 e. The van der Waals surface area contributed by atoms with Crippen LogP contribution in [0.5, 0.6) is 0 Å². The summed E-state index contributed by atoms with van der Waals surface area (Å²) in [6, 6.07) is 2.74. The Kier molecular flexibility index (Phi) is 5.67. The van der Waals surface area contributed by atoms with Gasteiger partial charge in [0.15, 0.2) is 0 Å². The summed E-state index contributed by atoms with van der Waals surface area (Å²) >= 11 is 0. The lowest BCUT2D eigenvalue weighted by Gasteiger charge is -2.36. The van der Waals surface area contributed by atoms with Crippen LogP contribution < -0.4 is 0 Å². The second kappa shape index (κ2) is 6.81. The van der Waals surface area contributed by atoms with Crippen molar-refractivity contribution in [3.63, 3.8) is 0 Å². The van der Waals surface area contributed by atoms with Gasteiger partial charge in [-0.15, -0.1) is 0 Å². The van der Waals surface area contributed by atoms with Gasteiger partial charge in [-0.25, -0.2) is 0 Å². The summed E-state index contributed by atoms with van der Waals surface area (Å²) in [5.74, 6) is 0. The number of ether oxygens (including phenoxy) is 1. The van der Waals surface area contributed by atoms with E-state index in [0.29, 0.717) is 18.6 Å². The molecular weight excluding hydrogens is 188 g/mol. The molecule has 1 saturated heterocycles. The second-order valence-electron chi connectivity index (χ2n) is 4.11. The van der Waals surface area contributed by atoms with Crippen molar-refractivity contribution >= 4 is 0 Å². The van der Waals surface area contributed by atoms with Crippen molar-refractivity contribution in [3.05, 3.63) is 0 Å². The molecule has 3 nitrogen and oxygen atoms in total. The van der Waals surface area contributed by atoms with Gasteiger partial charge in [0.05, 0.1) is 18.6 Å². The number of hydrogen-bond acceptors (Lipinski definition) is 3. The van der Waals surface area contributed by atoms with Gasteiger partial charge in [-0.1, -0.05) is 6.92 Å². The molecule has 1 unspecified atom stereocenters. The molecule has 1 fully saturated rings. The zero-order valence-electron chi connectivity index (χ0n) is 9.91. The van der Waals surface area contributed by atoms with Gasteiger partial charge in [0, 0.05) is 25.7 Å². The van der Waals surface area contributed by atoms with Crippen LogP contribution >= 0.6 is 0 Å². The highest BCUT2D eigenvalue weighted by Crippen LogP contribution is 2.18. The predicted molar refractivity (Wildman–Crippen MR) is 60.5 cm³/mol. The summed E-state index contributed by atoms with van der Waals surface area (Å²) in [6.45, 7) is 7.21. The van der Waals surface area contributed by atoms with Crippen LogP contribution in [0.1, 0.15) is 39.5 Å². The summed E-state index contributed by atoms with van der Waals surface area (Å²) < 4.78 is 5.61. The highest BCUT2D eigenvalue weighted by molar-refractivity contribution is 4.84. The van der Waals surface area contributed by atoms with E-state index in [1.165, 1.54) is 0 Å². The molecule has 1 heterocycles. The molecule has 0 aromatic rings. The average Bonchev–Trinajstić information content (AvgIpc) is 2.28. The molecule has 1 atom stereocenters. The van der Waals surface area contributed by atoms with E-state index in [1.807, 2.05) is 0 Å². The largest absolute Gasteiger partial charge is 0.378 e. The van der Waals surface area contributed by atoms with Crippen LogP contribution in [0.4, 0.5) is 0 Å². The van der Waals surface area contributed by atoms with Crippen molar-refractivity contribution in [2.45, 2.75) is 51.7 Å². The van der Waals surface area contributed by atoms with E-state index in [9.17, 15) is 0 Å². The normalized spacial score (nSPS) is 21.1. The summed E-state index contributed by atoms with van der Waals surface area (Å²) in [5, 5.41) is 8.73. The first-order valence-electron chi connectivity index (χ1n) is 6.04. The van der Waals surface area contributed by atoms with Crippen molar-refractivity contribution < 1.29 is 4.74 Å². The lowest BCUT2D eigenvalue weighted by atomic mass is 10.0. The molecule has 0 aliphatic carbocycles. The van der Waals surface area contributed by atoms with Gasteiger partial charge < -0.3 is 4.74 Å². The SMILES string of the molecule is CCOC1CCN(C(CC)CC#N)CC1. The van der Waals surface area contributed by atoms with Gasteiger partial charge >= 0.3 is 0 Å². The third-order valence-corrected chi connectivity index (χ3v) is 3.19. The Morgan fingerprint density at radius 3 is 2.53 bits per heavy atom. The molecule has 0 aromatic heterocycles. The summed E-state index contributed by atoms with van der Waals surface area (Å²) in [5.41, 5.74) is 0. The zero-order chi connectivity index (χ0) is 11.1. The Bertz CT molecular complexity index is 204. The van der Waals surface area contributed by atoms with E-state index in [-0.39, 0.29) is 0 Å². The molecule has 1 rings (SSSR count). The van der Waals surface area contributed by atoms with Gasteiger partial charge in [0.2, 0.25) is 0 Å². The standard InChI is InChI=1S/C12H22N2O/c1-3-11(5-8-13)14-9-6-12(7-10-14)15-4-2/h11-12H,3-7,9-10H2,1-2H3. The molecule has 0 spiro atoms. The van der Waals surface area contributed by atoms with Crippen LogP contribution in [0, 0.1) is 11.3 Å². The Morgan fingerprint density at radius 2 is 2.07 bits per heavy atom. The number of hydrogen-bond donors (Lipinski definition) is 0. The minimum absolute atomic E-state index is 0.450. The van der Waals surface area contributed by atoms with E-state index in [4.69, 9.17) is 10.00 Å². The Morgan fingerprint density at radius 1 is 1.40 bits per heavy atom. The van der Waals surface area contributed by atoms with Crippen LogP contribution in [0.2, 0.25) is 0 Å². The first-order chi connectivity index (χ1) is 7.31. The van der Waals surface area contributed by atoms with Crippen molar-refractivity contribution in [1.82, 2.24) is 4.90 Å². The third-order valence-electron chi connectivity index (χ3n) is 3.19. The predicted octanol–water partition coefficient (Wildman–Crippen LogP) is 2.18. The van der Waals surface area contributed by atoms with Crippen molar-refractivity contribution in [2.75, 3.05) is 19.7 Å². The van der Waals surface area contributed by atoms with Gasteiger partial charge in [-0.2, -0.15) is 5.26 Å². The number of nitrogens with zero attached hydrogens (tertiary/aromatic N) is 2. The highest BCUT2D eigenvalue weighted by Gasteiger charge is 2.23. The van der Waals surface area contributed by atoms with Gasteiger partial charge in [0.25, 0.3) is 0 Å². The third kappa shape index (κ3) is 3.81. The van der Waals surface area contributed by atoms with Crippen molar-refractivity contribution in [1.29, 1.82) is 5.26 Å². The summed E-state index contributed by atoms with van der Waals surface area (Å²) in [7, 11) is 0. The second-order valence-corrected chi connectivity index (χ2v) is 4.11. The van der Waals surface area contributed by atoms with E-state index in [0.717, 1.165) is 39.0 Å². The molecule has 0 aromatic carbocycles. The fourth-order valence-corrected chi connectivity index (χ4v) is 2.28. The smallest absolute Gasteiger partial charge is 0.0638 e. The van der Waals surface area contributed by atoms with Crippen molar-refractivity contribution in [3.8, 4) is 6.07 Å². The highest BCUT2D eigenvalue weighted by atomic mass is 16.5. The quantitative estimate of drug-likeness (QED) is 0.698. The minimum atomic E-state index is 0.450. The molecule has 1 aliphatic rings. The van der Waals surface area contributed by atoms with Gasteiger partial charge in [-0.05, 0) is 26.2 Å². The van der Waals surface area contributed by atoms with Crippen LogP contribution in [0.3, 0.4) is 0 Å². The molecule has 0 radical (unpaired) electrons. The topological polar surface area (TPSA) is 36.3 Å². The number of piperidine rings is 1. The Labute approximate surface area is 93.0 Å². The maximum atomic E-state index is 8.73. The van der Waals surface area contributed by atoms with Gasteiger partial charge in [0.1, 0.15) is 0 Å². The Balaban J connectivity index is 2.32. The summed E-state index contributed by atoms with van der Waals surface area (Å²) in [6.07, 6.45) is 4.43. The maximum absolute atomic E-state index is 8.73. The molecule has 0 amide bonds. The van der Waals surface area contributed by atoms with Crippen LogP contribution in [0.15, 0.2) is 0 Å². The van der Waals surface area contributed by atoms with Crippen LogP contribution in [-0.4, -0.2) is 36.7 Å². The van der Waals surface area contributed by atoms with E-state index >= 15 is 0 Å². The monoisotopic (exact) mass is 210 g/mol. The Hall–Kier alpha value is -0.590. The lowest BCUT2D eigenvalue weighted by molar-refractivity contribution is 0.00399. The van der Waals surface area contributed by atoms with Crippen LogP contribution in [-0.2, 0) is 4.74 Å². The summed E-state index contributed by atoms with van der Waals surface area (Å²) in [4.78, 5) is 2.44. The first-order valence-corrected chi connectivity index (χ1v) is 6.04. The number of likely N-dealkylation sites (tertiary alicyclic amines) is 1. The lowest BCUT2D eigenvalue weighted by Crippen LogP contribution is -2.43. The van der Waals surface area contributed by atoms with Crippen LogP contribution in [0.25, 0.3) is 0 Å². The first kappa shape index (κ1) is 12.5. The molecule has 15 heavy (non-hydrogen) atoms. The molecule has 86 valence electrons. The molecule has 0 saturated carbocycles. The number of nitriles is 1. The molecule has 3 heteroatoms. The number of rotatable bonds is 5. The average molecular weight is 210 g/mol. The van der Waals surface area contributed by atoms with E-state index in [2.05, 4.69) is 24.8 Å². The fraction of sp³-hybridized carbons (Fsp3) is 0.917. The van der Waals surface area contributed by atoms with Crippen molar-refractivity contribution in [2.24, 2.45) is 0 Å². The van der Waals surface area contributed by atoms with E-state index in [1.54, 1.807) is 0 Å². The molecular formula is C12H22N2O. The molecule has 1 aliphatic heterocycles. The molecule has 0 bridgehead atoms. The van der Waals surface area contributed by atoms with Gasteiger partial charge in [-0.3, -0.25) is 4.90 Å². The molecule has 0 N–H and O–H groups in total. The zero-order valence-corrected chi connectivity index (χ0v) is 9.91. The fourth-order valence-electron chi connectivity index (χ4n) is 2.28. The minimum Gasteiger partial charge on any atom is -0.378 e. The van der Waals surface area contributed by atoms with E-state index < -0.39 is 0 Å².